The maximum Gasteiger partial charge on any atom is 0.340 e. The molecule has 0 fully saturated rings. The SMILES string of the molecule is CCCCN(c1ccccc1C(=O)OCCC)S(=O)[O-]. The number of benzene rings is 1. The molecule has 1 aromatic carbocycles. The number of carbonyl (C=O) groups is 1. The summed E-state index contributed by atoms with van der Waals surface area (Å²) in [4.78, 5) is 12.0. The minimum absolute atomic E-state index is 0.279. The average molecular weight is 298 g/mol. The molecule has 1 aromatic rings. The fourth-order valence-corrected chi connectivity index (χ4v) is 2.31. The van der Waals surface area contributed by atoms with Gasteiger partial charge in [-0.1, -0.05) is 32.4 Å². The van der Waals surface area contributed by atoms with Gasteiger partial charge in [-0.2, -0.15) is 0 Å². The lowest BCUT2D eigenvalue weighted by Crippen LogP contribution is -2.28. The molecule has 6 heteroatoms. The topological polar surface area (TPSA) is 69.7 Å². The van der Waals surface area contributed by atoms with Gasteiger partial charge in [-0.25, -0.2) is 4.79 Å². The Labute approximate surface area is 122 Å². The molecule has 0 aliphatic carbocycles. The quantitative estimate of drug-likeness (QED) is 0.546. The molecule has 0 radical (unpaired) electrons. The number of anilines is 1. The van der Waals surface area contributed by atoms with Gasteiger partial charge in [-0.3, -0.25) is 4.21 Å². The van der Waals surface area contributed by atoms with E-state index >= 15 is 0 Å². The van der Waals surface area contributed by atoms with Gasteiger partial charge in [-0.15, -0.1) is 0 Å². The molecule has 0 saturated heterocycles. The Bertz CT molecular complexity index is 464. The second-order valence-electron chi connectivity index (χ2n) is 4.33. The Kier molecular flexibility index (Phi) is 7.25. The van der Waals surface area contributed by atoms with E-state index in [0.717, 1.165) is 19.3 Å². The highest BCUT2D eigenvalue weighted by Crippen LogP contribution is 2.23. The molecule has 0 aromatic heterocycles. The van der Waals surface area contributed by atoms with Crippen LogP contribution in [0.3, 0.4) is 0 Å². The minimum atomic E-state index is -2.41. The third-order valence-electron chi connectivity index (χ3n) is 2.72. The summed E-state index contributed by atoms with van der Waals surface area (Å²) in [5, 5.41) is 0. The predicted molar refractivity (Wildman–Crippen MR) is 78.2 cm³/mol. The van der Waals surface area contributed by atoms with Crippen LogP contribution in [0.15, 0.2) is 24.3 Å². The highest BCUT2D eigenvalue weighted by atomic mass is 32.2. The number of rotatable bonds is 8. The first-order valence-corrected chi connectivity index (χ1v) is 7.78. The summed E-state index contributed by atoms with van der Waals surface area (Å²) in [6.45, 7) is 4.56. The third kappa shape index (κ3) is 4.61. The van der Waals surface area contributed by atoms with Crippen LogP contribution in [-0.2, 0) is 16.0 Å². The van der Waals surface area contributed by atoms with Crippen molar-refractivity contribution in [3.05, 3.63) is 29.8 Å². The number of esters is 1. The smallest absolute Gasteiger partial charge is 0.340 e. The van der Waals surface area contributed by atoms with E-state index in [1.807, 2.05) is 13.8 Å². The third-order valence-corrected chi connectivity index (χ3v) is 3.46. The lowest BCUT2D eigenvalue weighted by molar-refractivity contribution is 0.0506. The van der Waals surface area contributed by atoms with Crippen molar-refractivity contribution in [3.8, 4) is 0 Å². The second-order valence-corrected chi connectivity index (χ2v) is 5.20. The van der Waals surface area contributed by atoms with Crippen LogP contribution in [0.1, 0.15) is 43.5 Å². The van der Waals surface area contributed by atoms with Gasteiger partial charge in [0.05, 0.1) is 17.9 Å². The Morgan fingerprint density at radius 2 is 2.00 bits per heavy atom. The van der Waals surface area contributed by atoms with Crippen molar-refractivity contribution < 1.29 is 18.3 Å². The van der Waals surface area contributed by atoms with Crippen LogP contribution in [-0.4, -0.2) is 27.9 Å². The van der Waals surface area contributed by atoms with Gasteiger partial charge < -0.3 is 13.6 Å². The molecule has 20 heavy (non-hydrogen) atoms. The molecule has 0 spiro atoms. The van der Waals surface area contributed by atoms with Crippen LogP contribution < -0.4 is 4.31 Å². The Morgan fingerprint density at radius 3 is 2.60 bits per heavy atom. The maximum absolute atomic E-state index is 12.0. The molecule has 0 heterocycles. The van der Waals surface area contributed by atoms with Crippen molar-refractivity contribution in [1.82, 2.24) is 0 Å². The van der Waals surface area contributed by atoms with Crippen molar-refractivity contribution in [2.24, 2.45) is 0 Å². The molecule has 0 amide bonds. The molecule has 0 N–H and O–H groups in total. The van der Waals surface area contributed by atoms with Gasteiger partial charge in [0.1, 0.15) is 0 Å². The number of nitrogens with zero attached hydrogens (tertiary/aromatic N) is 1. The molecule has 5 nitrogen and oxygen atoms in total. The lowest BCUT2D eigenvalue weighted by atomic mass is 10.1. The molecule has 1 unspecified atom stereocenters. The van der Waals surface area contributed by atoms with Crippen molar-refractivity contribution in [2.75, 3.05) is 17.5 Å². The highest BCUT2D eigenvalue weighted by molar-refractivity contribution is 7.80. The molecule has 1 atom stereocenters. The lowest BCUT2D eigenvalue weighted by Gasteiger charge is -2.27. The normalized spacial score (nSPS) is 11.9. The van der Waals surface area contributed by atoms with E-state index in [2.05, 4.69) is 0 Å². The molecule has 112 valence electrons. The van der Waals surface area contributed by atoms with Crippen LogP contribution >= 0.6 is 0 Å². The maximum atomic E-state index is 12.0. The van der Waals surface area contributed by atoms with Crippen LogP contribution in [0.5, 0.6) is 0 Å². The molecule has 0 aliphatic heterocycles. The first-order valence-electron chi connectivity index (χ1n) is 6.74. The summed E-state index contributed by atoms with van der Waals surface area (Å²) in [5.74, 6) is -0.491. The summed E-state index contributed by atoms with van der Waals surface area (Å²) >= 11 is -2.41. The van der Waals surface area contributed by atoms with Crippen LogP contribution in [0.25, 0.3) is 0 Å². The van der Waals surface area contributed by atoms with Gasteiger partial charge in [-0.05, 0) is 25.0 Å². The monoisotopic (exact) mass is 298 g/mol. The number of ether oxygens (including phenoxy) is 1. The fraction of sp³-hybridized carbons (Fsp3) is 0.500. The molecule has 1 rings (SSSR count). The summed E-state index contributed by atoms with van der Waals surface area (Å²) in [6.07, 6.45) is 2.32. The van der Waals surface area contributed by atoms with Gasteiger partial charge in [0.25, 0.3) is 0 Å². The second kappa shape index (κ2) is 8.71. The summed E-state index contributed by atoms with van der Waals surface area (Å²) < 4.78 is 29.0. The molecular weight excluding hydrogens is 278 g/mol. The Balaban J connectivity index is 3.02. The summed E-state index contributed by atoms with van der Waals surface area (Å²) in [5.41, 5.74) is 0.650. The van der Waals surface area contributed by atoms with Gasteiger partial charge in [0, 0.05) is 17.8 Å². The minimum Gasteiger partial charge on any atom is -0.755 e. The number of hydrogen-bond donors (Lipinski definition) is 0. The van der Waals surface area contributed by atoms with Gasteiger partial charge >= 0.3 is 5.97 Å². The zero-order valence-corrected chi connectivity index (χ0v) is 12.6. The number of para-hydroxylation sites is 1. The summed E-state index contributed by atoms with van der Waals surface area (Å²) in [6, 6.07) is 6.60. The standard InChI is InChI=1S/C14H21NO4S/c1-3-5-10-15(20(17)18)13-9-7-6-8-12(13)14(16)19-11-4-2/h6-9H,3-5,10-11H2,1-2H3,(H,17,18)/p-1. The van der Waals surface area contributed by atoms with Crippen molar-refractivity contribution >= 4 is 22.9 Å². The largest absolute Gasteiger partial charge is 0.755 e. The Hall–Kier alpha value is -1.40. The first-order chi connectivity index (χ1) is 9.61. The first kappa shape index (κ1) is 16.7. The number of carbonyl (C=O) groups excluding carboxylic acids is 1. The van der Waals surface area contributed by atoms with E-state index in [1.165, 1.54) is 4.31 Å². The van der Waals surface area contributed by atoms with Crippen molar-refractivity contribution in [3.63, 3.8) is 0 Å². The molecular formula is C14H20NO4S-. The van der Waals surface area contributed by atoms with E-state index in [4.69, 9.17) is 4.74 Å². The van der Waals surface area contributed by atoms with Crippen molar-refractivity contribution in [2.45, 2.75) is 33.1 Å². The average Bonchev–Trinajstić information content (AvgIpc) is 2.45. The van der Waals surface area contributed by atoms with Crippen LogP contribution in [0, 0.1) is 0 Å². The Morgan fingerprint density at radius 1 is 1.30 bits per heavy atom. The number of unbranched alkanes of at least 4 members (excludes halogenated alkanes) is 1. The van der Waals surface area contributed by atoms with E-state index < -0.39 is 17.2 Å². The van der Waals surface area contributed by atoms with E-state index in [0.29, 0.717) is 18.8 Å². The van der Waals surface area contributed by atoms with Gasteiger partial charge in [0.2, 0.25) is 0 Å². The zero-order chi connectivity index (χ0) is 15.0. The molecule has 0 saturated carbocycles. The molecule has 0 bridgehead atoms. The summed E-state index contributed by atoms with van der Waals surface area (Å²) in [7, 11) is 0. The van der Waals surface area contributed by atoms with Gasteiger partial charge in [0.15, 0.2) is 0 Å². The fourth-order valence-electron chi connectivity index (χ4n) is 1.71. The van der Waals surface area contributed by atoms with Crippen molar-refractivity contribution in [1.29, 1.82) is 0 Å². The highest BCUT2D eigenvalue weighted by Gasteiger charge is 2.17. The van der Waals surface area contributed by atoms with Crippen LogP contribution in [0.2, 0.25) is 0 Å². The molecule has 0 aliphatic rings. The number of hydrogen-bond acceptors (Lipinski definition) is 4. The zero-order valence-electron chi connectivity index (χ0n) is 11.8. The van der Waals surface area contributed by atoms with Crippen LogP contribution in [0.4, 0.5) is 5.69 Å². The van der Waals surface area contributed by atoms with E-state index in [9.17, 15) is 13.6 Å². The van der Waals surface area contributed by atoms with E-state index in [-0.39, 0.29) is 5.56 Å². The van der Waals surface area contributed by atoms with E-state index in [1.54, 1.807) is 24.3 Å². The predicted octanol–water partition coefficient (Wildman–Crippen LogP) is 2.65.